The summed E-state index contributed by atoms with van der Waals surface area (Å²) in [5.41, 5.74) is 3.48. The molecule has 2 heterocycles. The minimum absolute atomic E-state index is 0.286. The minimum atomic E-state index is -1.46. The van der Waals surface area contributed by atoms with Crippen molar-refractivity contribution in [3.8, 4) is 5.75 Å². The lowest BCUT2D eigenvalue weighted by Gasteiger charge is -2.40. The first kappa shape index (κ1) is 28.0. The normalized spacial score (nSPS) is 27.8. The number of hydrogen-bond donors (Lipinski definition) is 4. The van der Waals surface area contributed by atoms with Crippen LogP contribution in [0.15, 0.2) is 60.7 Å². The van der Waals surface area contributed by atoms with Crippen LogP contribution in [0.25, 0.3) is 0 Å². The summed E-state index contributed by atoms with van der Waals surface area (Å²) < 4.78 is 31.6. The van der Waals surface area contributed by atoms with Crippen LogP contribution in [0.4, 0.5) is 4.39 Å². The highest BCUT2D eigenvalue weighted by atomic mass is 35.5. The van der Waals surface area contributed by atoms with Crippen LogP contribution in [0.1, 0.15) is 53.9 Å². The molecule has 5 rings (SSSR count). The van der Waals surface area contributed by atoms with E-state index in [1.54, 1.807) is 24.3 Å². The van der Waals surface area contributed by atoms with Crippen molar-refractivity contribution in [1.82, 2.24) is 0 Å². The third-order valence-electron chi connectivity index (χ3n) is 7.46. The number of fused-ring (bicyclic) bond motifs is 1. The summed E-state index contributed by atoms with van der Waals surface area (Å²) in [6.45, 7) is 3.62. The lowest BCUT2D eigenvalue weighted by Crippen LogP contribution is -2.55. The summed E-state index contributed by atoms with van der Waals surface area (Å²) in [6, 6.07) is 17.4. The molecule has 39 heavy (non-hydrogen) atoms. The van der Waals surface area contributed by atoms with Gasteiger partial charge in [0.25, 0.3) is 0 Å². The molecule has 6 atom stereocenters. The molecule has 0 saturated carbocycles. The Labute approximate surface area is 231 Å². The van der Waals surface area contributed by atoms with Crippen molar-refractivity contribution in [3.05, 3.63) is 99.3 Å². The molecule has 0 aromatic heterocycles. The summed E-state index contributed by atoms with van der Waals surface area (Å²) in [4.78, 5) is 0. The van der Waals surface area contributed by atoms with Gasteiger partial charge in [0.1, 0.15) is 54.8 Å². The molecular weight excluding hydrogens is 527 g/mol. The lowest BCUT2D eigenvalue weighted by molar-refractivity contribution is -0.231. The van der Waals surface area contributed by atoms with Gasteiger partial charge in [-0.05, 0) is 78.4 Å². The molecule has 1 unspecified atom stereocenters. The molecule has 0 amide bonds. The van der Waals surface area contributed by atoms with Crippen molar-refractivity contribution >= 4 is 11.6 Å². The van der Waals surface area contributed by atoms with Gasteiger partial charge >= 0.3 is 0 Å². The summed E-state index contributed by atoms with van der Waals surface area (Å²) in [7, 11) is 0. The number of benzene rings is 3. The maximum absolute atomic E-state index is 13.8. The third-order valence-corrected chi connectivity index (χ3v) is 7.83. The molecular formula is C30H32ClFO7. The third kappa shape index (κ3) is 5.69. The zero-order valence-electron chi connectivity index (χ0n) is 21.6. The summed E-state index contributed by atoms with van der Waals surface area (Å²) in [5, 5.41) is 40.7. The van der Waals surface area contributed by atoms with Gasteiger partial charge in [-0.1, -0.05) is 41.9 Å². The molecule has 3 aromatic rings. The fourth-order valence-corrected chi connectivity index (χ4v) is 5.50. The van der Waals surface area contributed by atoms with Crippen LogP contribution in [0.5, 0.6) is 5.75 Å². The van der Waals surface area contributed by atoms with E-state index < -0.39 is 42.7 Å². The number of ether oxygens (including phenoxy) is 3. The second-order valence-electron chi connectivity index (χ2n) is 10.6. The second-order valence-corrected chi connectivity index (χ2v) is 11.0. The van der Waals surface area contributed by atoms with Gasteiger partial charge in [0.05, 0.1) is 12.2 Å². The van der Waals surface area contributed by atoms with Crippen LogP contribution in [-0.2, 0) is 21.5 Å². The van der Waals surface area contributed by atoms with Crippen LogP contribution < -0.4 is 4.74 Å². The van der Waals surface area contributed by atoms with Gasteiger partial charge < -0.3 is 34.6 Å². The van der Waals surface area contributed by atoms with Gasteiger partial charge in [-0.3, -0.25) is 0 Å². The van der Waals surface area contributed by atoms with Crippen molar-refractivity contribution in [2.24, 2.45) is 0 Å². The van der Waals surface area contributed by atoms with Gasteiger partial charge in [-0.15, -0.1) is 0 Å². The maximum Gasteiger partial charge on any atom is 0.123 e. The Kier molecular flexibility index (Phi) is 7.99. The molecule has 208 valence electrons. The fraction of sp³-hybridized carbons (Fsp3) is 0.400. The van der Waals surface area contributed by atoms with Gasteiger partial charge in [0.15, 0.2) is 0 Å². The number of rotatable bonds is 7. The Morgan fingerprint density at radius 3 is 2.41 bits per heavy atom. The first-order valence-electron chi connectivity index (χ1n) is 12.9. The quantitative estimate of drug-likeness (QED) is 0.347. The lowest BCUT2D eigenvalue weighted by atomic mass is 9.90. The molecule has 1 saturated heterocycles. The average molecular weight is 559 g/mol. The molecule has 0 spiro atoms. The van der Waals surface area contributed by atoms with E-state index in [9.17, 15) is 24.8 Å². The molecule has 4 N–H and O–H groups in total. The van der Waals surface area contributed by atoms with Crippen molar-refractivity contribution in [3.63, 3.8) is 0 Å². The van der Waals surface area contributed by atoms with Crippen molar-refractivity contribution in [2.45, 2.75) is 62.5 Å². The Morgan fingerprint density at radius 1 is 0.949 bits per heavy atom. The monoisotopic (exact) mass is 558 g/mol. The van der Waals surface area contributed by atoms with E-state index in [0.717, 1.165) is 22.3 Å². The van der Waals surface area contributed by atoms with Gasteiger partial charge in [0.2, 0.25) is 0 Å². The highest BCUT2D eigenvalue weighted by Gasteiger charge is 2.44. The molecule has 3 aromatic carbocycles. The van der Waals surface area contributed by atoms with E-state index >= 15 is 0 Å². The molecule has 0 radical (unpaired) electrons. The van der Waals surface area contributed by atoms with E-state index in [2.05, 4.69) is 0 Å². The Hall–Kier alpha value is -2.56. The molecule has 2 aliphatic heterocycles. The van der Waals surface area contributed by atoms with Gasteiger partial charge in [-0.25, -0.2) is 4.39 Å². The molecule has 0 aliphatic carbocycles. The fourth-order valence-electron chi connectivity index (χ4n) is 5.32. The van der Waals surface area contributed by atoms with Gasteiger partial charge in [0, 0.05) is 5.02 Å². The highest BCUT2D eigenvalue weighted by Crippen LogP contribution is 2.43. The summed E-state index contributed by atoms with van der Waals surface area (Å²) in [5.74, 6) is 0.373. The topological polar surface area (TPSA) is 109 Å². The van der Waals surface area contributed by atoms with E-state index in [1.165, 1.54) is 12.1 Å². The predicted molar refractivity (Wildman–Crippen MR) is 142 cm³/mol. The highest BCUT2D eigenvalue weighted by molar-refractivity contribution is 6.31. The van der Waals surface area contributed by atoms with E-state index in [4.69, 9.17) is 25.8 Å². The number of hydrogen-bond acceptors (Lipinski definition) is 7. The van der Waals surface area contributed by atoms with Gasteiger partial charge in [-0.2, -0.15) is 0 Å². The van der Waals surface area contributed by atoms with Crippen molar-refractivity contribution in [1.29, 1.82) is 0 Å². The first-order valence-corrected chi connectivity index (χ1v) is 13.2. The first-order chi connectivity index (χ1) is 18.6. The zero-order chi connectivity index (χ0) is 27.9. The van der Waals surface area contributed by atoms with E-state index in [1.807, 2.05) is 38.1 Å². The number of halogens is 2. The molecule has 2 aliphatic rings. The van der Waals surface area contributed by atoms with Crippen LogP contribution in [0.3, 0.4) is 0 Å². The molecule has 7 nitrogen and oxygen atoms in total. The Bertz CT molecular complexity index is 1310. The molecule has 9 heteroatoms. The van der Waals surface area contributed by atoms with Crippen molar-refractivity contribution < 1.29 is 39.0 Å². The smallest absolute Gasteiger partial charge is 0.123 e. The van der Waals surface area contributed by atoms with E-state index in [-0.39, 0.29) is 18.5 Å². The maximum atomic E-state index is 13.8. The summed E-state index contributed by atoms with van der Waals surface area (Å²) in [6.07, 6.45) is -5.98. The second kappa shape index (κ2) is 11.1. The largest absolute Gasteiger partial charge is 0.491 e. The zero-order valence-corrected chi connectivity index (χ0v) is 22.4. The Balaban J connectivity index is 1.25. The average Bonchev–Trinajstić information content (AvgIpc) is 3.17. The molecule has 0 bridgehead atoms. The van der Waals surface area contributed by atoms with Crippen molar-refractivity contribution in [2.75, 3.05) is 13.2 Å². The number of aliphatic hydroxyl groups excluding tert-OH is 4. The van der Waals surface area contributed by atoms with Crippen LogP contribution in [-0.4, -0.2) is 58.1 Å². The Morgan fingerprint density at radius 2 is 1.69 bits per heavy atom. The summed E-state index contributed by atoms with van der Waals surface area (Å²) >= 11 is 6.46. The van der Waals surface area contributed by atoms with E-state index in [0.29, 0.717) is 22.8 Å². The van der Waals surface area contributed by atoms with Crippen LogP contribution in [0, 0.1) is 5.82 Å². The molecule has 1 fully saturated rings. The predicted octanol–water partition coefficient (Wildman–Crippen LogP) is 3.97. The van der Waals surface area contributed by atoms with Crippen LogP contribution in [0.2, 0.25) is 5.02 Å². The SMILES string of the molecule is CC1(C)OC(COc2ccc(Cc3cc([C@@H]4O[C@H](CO)[C@@H](O)[C@H](O)[C@H]4O)ccc3Cl)cc2)c2ccc(F)cc21. The minimum Gasteiger partial charge on any atom is -0.491 e. The number of aliphatic hydroxyl groups is 4. The van der Waals surface area contributed by atoms with Crippen LogP contribution >= 0.6 is 11.6 Å². The standard InChI is InChI=1S/C30H32ClFO7/c1-30(2)22-13-19(32)6-9-21(22)25(39-30)15-37-20-7-3-16(4-8-20)11-18-12-17(5-10-23(18)31)29-28(36)27(35)26(34)24(14-33)38-29/h3-10,12-13,24-29,33-36H,11,14-15H2,1-2H3/t24-,25?,26-,27+,28-,29+/m1/s1.